The first-order valence-corrected chi connectivity index (χ1v) is 19.0. The number of hydrogen-bond acceptors (Lipinski definition) is 11. The molecule has 0 N–H and O–H groups in total. The summed E-state index contributed by atoms with van der Waals surface area (Å²) >= 11 is 0. The van der Waals surface area contributed by atoms with Gasteiger partial charge >= 0.3 is 5.09 Å². The van der Waals surface area contributed by atoms with Gasteiger partial charge in [0.05, 0.1) is 28.4 Å². The van der Waals surface area contributed by atoms with E-state index in [2.05, 4.69) is 13.8 Å². The molecule has 0 aromatic carbocycles. The molecule has 0 radical (unpaired) electrons. The van der Waals surface area contributed by atoms with Crippen LogP contribution in [0.4, 0.5) is 0 Å². The summed E-state index contributed by atoms with van der Waals surface area (Å²) in [4.78, 5) is 78.2. The van der Waals surface area contributed by atoms with E-state index in [1.165, 1.54) is 41.3 Å². The highest BCUT2D eigenvalue weighted by Gasteiger charge is 2.40. The topological polar surface area (TPSA) is 144 Å². The van der Waals surface area contributed by atoms with Crippen molar-refractivity contribution in [2.24, 2.45) is 0 Å². The zero-order valence-corrected chi connectivity index (χ0v) is 32.8. The molecule has 0 bridgehead atoms. The molecule has 0 saturated heterocycles. The van der Waals surface area contributed by atoms with E-state index in [-0.39, 0.29) is 63.3 Å². The van der Waals surface area contributed by atoms with Crippen molar-refractivity contribution in [3.8, 4) is 0 Å². The van der Waals surface area contributed by atoms with Crippen LogP contribution in [-0.2, 0) is 47.8 Å². The lowest BCUT2D eigenvalue weighted by Gasteiger charge is -2.22. The van der Waals surface area contributed by atoms with E-state index in [1.54, 1.807) is 13.8 Å². The predicted octanol–water partition coefficient (Wildman–Crippen LogP) is 8.37. The van der Waals surface area contributed by atoms with Crippen molar-refractivity contribution in [3.05, 3.63) is 50.2 Å². The highest BCUT2D eigenvalue weighted by atomic mass is 17.0. The molecule has 0 aliphatic heterocycles. The number of ether oxygens (including phenoxy) is 4. The summed E-state index contributed by atoms with van der Waals surface area (Å²) in [6, 6.07) is 0. The lowest BCUT2D eigenvalue weighted by atomic mass is 9.88. The molecule has 0 saturated carbocycles. The second-order valence-corrected chi connectivity index (χ2v) is 13.6. The zero-order chi connectivity index (χ0) is 38.6. The second kappa shape index (κ2) is 23.6. The third-order valence-electron chi connectivity index (χ3n) is 9.78. The maximum absolute atomic E-state index is 13.5. The SMILES string of the molecule is CCCCCCCCCC(CC1=C(C)C(=O)C(OC)=C(OC)C1=O)O[N+](=O)OC(CCCCCCCCC)CC1=C(C)C(=O)C(OC)=C(OC)C1=O. The van der Waals surface area contributed by atoms with Gasteiger partial charge in [-0.2, -0.15) is 9.68 Å². The molecule has 0 aromatic heterocycles. The highest BCUT2D eigenvalue weighted by Crippen LogP contribution is 2.32. The Kier molecular flexibility index (Phi) is 20.0. The summed E-state index contributed by atoms with van der Waals surface area (Å²) in [7, 11) is 5.20. The van der Waals surface area contributed by atoms with Gasteiger partial charge in [0.25, 0.3) is 0 Å². The van der Waals surface area contributed by atoms with E-state index in [4.69, 9.17) is 28.6 Å². The predicted molar refractivity (Wildman–Crippen MR) is 195 cm³/mol. The molecule has 12 nitrogen and oxygen atoms in total. The van der Waals surface area contributed by atoms with Gasteiger partial charge in [-0.1, -0.05) is 90.9 Å². The number of carbonyl (C=O) groups is 4. The van der Waals surface area contributed by atoms with E-state index in [9.17, 15) is 24.1 Å². The van der Waals surface area contributed by atoms with Crippen molar-refractivity contribution in [2.45, 2.75) is 155 Å². The van der Waals surface area contributed by atoms with Gasteiger partial charge in [0.2, 0.25) is 46.2 Å². The van der Waals surface area contributed by atoms with Gasteiger partial charge in [0.1, 0.15) is 4.91 Å². The quantitative estimate of drug-likeness (QED) is 0.0435. The van der Waals surface area contributed by atoms with Crippen molar-refractivity contribution in [1.29, 1.82) is 0 Å². The van der Waals surface area contributed by atoms with Crippen LogP contribution in [0.5, 0.6) is 0 Å². The van der Waals surface area contributed by atoms with Crippen LogP contribution in [0.2, 0.25) is 0 Å². The molecule has 12 heteroatoms. The molecule has 0 fully saturated rings. The van der Waals surface area contributed by atoms with Gasteiger partial charge < -0.3 is 18.9 Å². The summed E-state index contributed by atoms with van der Waals surface area (Å²) in [5, 5.41) is 0.0647. The van der Waals surface area contributed by atoms with Crippen LogP contribution in [0.1, 0.15) is 143 Å². The second-order valence-electron chi connectivity index (χ2n) is 13.6. The van der Waals surface area contributed by atoms with Gasteiger partial charge in [0.15, 0.2) is 12.2 Å². The first-order valence-electron chi connectivity index (χ1n) is 19.0. The first kappa shape index (κ1) is 44.2. The number of methoxy groups -OCH3 is 4. The smallest absolute Gasteiger partial charge is 0.478 e. The van der Waals surface area contributed by atoms with Crippen molar-refractivity contribution in [3.63, 3.8) is 0 Å². The van der Waals surface area contributed by atoms with Crippen LogP contribution in [0, 0.1) is 4.91 Å². The summed E-state index contributed by atoms with van der Waals surface area (Å²) in [5.74, 6) is -2.64. The van der Waals surface area contributed by atoms with Gasteiger partial charge in [-0.25, -0.2) is 0 Å². The Labute approximate surface area is 309 Å². The van der Waals surface area contributed by atoms with E-state index in [0.717, 1.165) is 77.0 Å². The summed E-state index contributed by atoms with van der Waals surface area (Å²) < 4.78 is 20.9. The van der Waals surface area contributed by atoms with Crippen LogP contribution in [0.25, 0.3) is 0 Å². The number of Topliss-reactive ketones (excluding diaryl/α,β-unsaturated/α-hetero) is 4. The van der Waals surface area contributed by atoms with Crippen molar-refractivity contribution >= 4 is 23.1 Å². The van der Waals surface area contributed by atoms with Gasteiger partial charge in [0, 0.05) is 35.1 Å². The summed E-state index contributed by atoms with van der Waals surface area (Å²) in [6.07, 6.45) is 13.7. The molecule has 2 atom stereocenters. The molecule has 292 valence electrons. The molecule has 2 rings (SSSR count). The van der Waals surface area contributed by atoms with Crippen LogP contribution >= 0.6 is 0 Å². The van der Waals surface area contributed by atoms with Crippen LogP contribution in [0.15, 0.2) is 45.3 Å². The fourth-order valence-corrected chi connectivity index (χ4v) is 6.64. The third-order valence-corrected chi connectivity index (χ3v) is 9.78. The molecular weight excluding hydrogens is 670 g/mol. The maximum Gasteiger partial charge on any atom is 0.478 e. The summed E-state index contributed by atoms with van der Waals surface area (Å²) in [6.45, 7) is 7.43. The Bertz CT molecular complexity index is 1290. The maximum atomic E-state index is 13.5. The van der Waals surface area contributed by atoms with Crippen molar-refractivity contribution in [2.75, 3.05) is 28.4 Å². The Morgan fingerprint density at radius 1 is 0.462 bits per heavy atom. The van der Waals surface area contributed by atoms with Crippen LogP contribution in [0.3, 0.4) is 0 Å². The molecule has 2 unspecified atom stereocenters. The van der Waals surface area contributed by atoms with E-state index >= 15 is 0 Å². The Balaban J connectivity index is 2.30. The standard InChI is InChI=1S/C40H62NO11/c1-9-11-13-15-17-19-21-23-29(25-31-27(3)33(42)37(47-5)39(49-7)35(31)44)51-41(46)52-30(24-22-20-18-16-14-12-10-2)26-32-28(4)34(43)38(48-6)40(50-8)36(32)45/h29-30H,9-26H2,1-8H3/q+1. The fraction of sp³-hybridized carbons (Fsp3) is 0.700. The van der Waals surface area contributed by atoms with E-state index in [0.29, 0.717) is 12.8 Å². The summed E-state index contributed by atoms with van der Waals surface area (Å²) in [5.41, 5.74) is 0.768. The molecule has 0 aromatic rings. The van der Waals surface area contributed by atoms with E-state index in [1.807, 2.05) is 0 Å². The van der Waals surface area contributed by atoms with E-state index < -0.39 is 35.3 Å². The molecule has 2 aliphatic rings. The average Bonchev–Trinajstić information content (AvgIpc) is 3.13. The van der Waals surface area contributed by atoms with Gasteiger partial charge in [-0.3, -0.25) is 19.2 Å². The minimum Gasteiger partial charge on any atom is -0.489 e. The minimum atomic E-state index is -0.803. The fourth-order valence-electron chi connectivity index (χ4n) is 6.64. The Hall–Kier alpha value is -3.96. The van der Waals surface area contributed by atoms with Crippen LogP contribution < -0.4 is 0 Å². The number of allylic oxidation sites excluding steroid dienone is 4. The number of hydrogen-bond donors (Lipinski definition) is 0. The molecular formula is C40H62NO11+. The number of rotatable bonds is 28. The monoisotopic (exact) mass is 732 g/mol. The first-order chi connectivity index (χ1) is 25.0. The average molecular weight is 733 g/mol. The minimum absolute atomic E-state index is 0.0281. The normalized spacial score (nSPS) is 16.5. The van der Waals surface area contributed by atoms with Gasteiger partial charge in [-0.15, -0.1) is 0 Å². The highest BCUT2D eigenvalue weighted by molar-refractivity contribution is 6.24. The molecule has 0 spiro atoms. The number of ketones is 4. The molecule has 52 heavy (non-hydrogen) atoms. The third kappa shape index (κ3) is 12.6. The van der Waals surface area contributed by atoms with Crippen molar-refractivity contribution in [1.82, 2.24) is 0 Å². The largest absolute Gasteiger partial charge is 0.489 e. The Morgan fingerprint density at radius 2 is 0.750 bits per heavy atom. The van der Waals surface area contributed by atoms with Crippen LogP contribution in [-0.4, -0.2) is 68.9 Å². The molecule has 2 aliphatic carbocycles. The number of carbonyl (C=O) groups excluding carboxylic acids is 4. The molecule has 0 heterocycles. The number of nitrogens with zero attached hydrogens (tertiary/aromatic N) is 1. The number of unbranched alkanes of at least 4 members (excludes halogenated alkanes) is 12. The Morgan fingerprint density at radius 3 is 1.06 bits per heavy atom. The lowest BCUT2D eigenvalue weighted by molar-refractivity contribution is -0.992. The zero-order valence-electron chi connectivity index (χ0n) is 32.8. The van der Waals surface area contributed by atoms with Gasteiger partial charge in [-0.05, 0) is 39.5 Å². The lowest BCUT2D eigenvalue weighted by Crippen LogP contribution is -2.31. The molecule has 0 amide bonds. The van der Waals surface area contributed by atoms with Crippen molar-refractivity contribution < 1.29 is 52.9 Å².